The van der Waals surface area contributed by atoms with Gasteiger partial charge in [-0.1, -0.05) is 26.7 Å². The van der Waals surface area contributed by atoms with Gasteiger partial charge < -0.3 is 9.80 Å². The van der Waals surface area contributed by atoms with Crippen molar-refractivity contribution < 1.29 is 9.59 Å². The third-order valence-corrected chi connectivity index (χ3v) is 6.51. The predicted molar refractivity (Wildman–Crippen MR) is 115 cm³/mol. The molecule has 0 radical (unpaired) electrons. The van der Waals surface area contributed by atoms with Gasteiger partial charge in [0.05, 0.1) is 12.1 Å². The van der Waals surface area contributed by atoms with Crippen LogP contribution >= 0.6 is 0 Å². The van der Waals surface area contributed by atoms with E-state index in [0.717, 1.165) is 62.3 Å². The van der Waals surface area contributed by atoms with Crippen molar-refractivity contribution in [3.63, 3.8) is 0 Å². The molecule has 3 rings (SSSR count). The van der Waals surface area contributed by atoms with Gasteiger partial charge in [0.1, 0.15) is 0 Å². The van der Waals surface area contributed by atoms with Crippen LogP contribution in [-0.2, 0) is 22.6 Å². The van der Waals surface area contributed by atoms with Crippen molar-refractivity contribution >= 4 is 11.8 Å². The highest BCUT2D eigenvalue weighted by molar-refractivity contribution is 5.81. The molecule has 6 nitrogen and oxygen atoms in total. The highest BCUT2D eigenvalue weighted by atomic mass is 16.2. The number of likely N-dealkylation sites (tertiary alicyclic amines) is 2. The molecule has 2 aliphatic heterocycles. The zero-order valence-electron chi connectivity index (χ0n) is 18.7. The second kappa shape index (κ2) is 9.77. The second-order valence-corrected chi connectivity index (χ2v) is 9.30. The summed E-state index contributed by atoms with van der Waals surface area (Å²) in [6.45, 7) is 12.5. The van der Waals surface area contributed by atoms with Gasteiger partial charge in [-0.25, -0.2) is 0 Å². The Hall–Kier alpha value is -1.85. The first kappa shape index (κ1) is 21.8. The van der Waals surface area contributed by atoms with Gasteiger partial charge in [-0.15, -0.1) is 0 Å². The van der Waals surface area contributed by atoms with E-state index < -0.39 is 0 Å². The third kappa shape index (κ3) is 5.40. The van der Waals surface area contributed by atoms with E-state index in [1.54, 1.807) is 0 Å². The molecule has 3 heterocycles. The number of carbonyl (C=O) groups is 2. The highest BCUT2D eigenvalue weighted by Gasteiger charge is 2.31. The van der Waals surface area contributed by atoms with E-state index in [9.17, 15) is 9.59 Å². The van der Waals surface area contributed by atoms with E-state index >= 15 is 0 Å². The molecule has 2 aliphatic rings. The molecule has 0 atom stereocenters. The molecule has 2 fully saturated rings. The number of aryl methyl sites for hydroxylation is 1. The summed E-state index contributed by atoms with van der Waals surface area (Å²) in [5.41, 5.74) is 3.14. The van der Waals surface area contributed by atoms with E-state index in [-0.39, 0.29) is 11.8 Å². The minimum absolute atomic E-state index is 0.0921. The van der Waals surface area contributed by atoms with Crippen molar-refractivity contribution in [3.8, 4) is 0 Å². The molecule has 162 valence electrons. The Morgan fingerprint density at radius 2 is 1.59 bits per heavy atom. The smallest absolute Gasteiger partial charge is 0.227 e. The van der Waals surface area contributed by atoms with Crippen molar-refractivity contribution in [1.29, 1.82) is 0 Å². The molecule has 0 aliphatic carbocycles. The summed E-state index contributed by atoms with van der Waals surface area (Å²) in [4.78, 5) is 29.8. The van der Waals surface area contributed by atoms with Crippen molar-refractivity contribution in [2.24, 2.45) is 11.8 Å². The van der Waals surface area contributed by atoms with Crippen LogP contribution in [0.15, 0.2) is 0 Å². The lowest BCUT2D eigenvalue weighted by Crippen LogP contribution is -2.45. The lowest BCUT2D eigenvalue weighted by Gasteiger charge is -2.34. The Morgan fingerprint density at radius 1 is 0.966 bits per heavy atom. The van der Waals surface area contributed by atoms with Gasteiger partial charge in [0.2, 0.25) is 11.8 Å². The van der Waals surface area contributed by atoms with Crippen LogP contribution in [0.4, 0.5) is 0 Å². The molecule has 1 aromatic rings. The van der Waals surface area contributed by atoms with Crippen molar-refractivity contribution in [2.75, 3.05) is 26.2 Å². The lowest BCUT2D eigenvalue weighted by molar-refractivity contribution is -0.140. The van der Waals surface area contributed by atoms with E-state index in [1.165, 1.54) is 12.8 Å². The number of hydrogen-bond donors (Lipinski definition) is 0. The molecule has 2 amide bonds. The largest absolute Gasteiger partial charge is 0.342 e. The topological polar surface area (TPSA) is 58.4 Å². The molecule has 1 aromatic heterocycles. The maximum atomic E-state index is 12.9. The SMILES string of the molecule is Cc1nn(CC(C)C)c(C)c1CC(=O)N1CCC(C(=O)N2CCCCCC2)CC1. The van der Waals surface area contributed by atoms with Gasteiger partial charge in [0.25, 0.3) is 0 Å². The summed E-state index contributed by atoms with van der Waals surface area (Å²) >= 11 is 0. The first-order valence-corrected chi connectivity index (χ1v) is 11.5. The van der Waals surface area contributed by atoms with E-state index in [4.69, 9.17) is 0 Å². The summed E-state index contributed by atoms with van der Waals surface area (Å²) < 4.78 is 2.04. The average molecular weight is 403 g/mol. The normalized spacial score (nSPS) is 18.9. The monoisotopic (exact) mass is 402 g/mol. The van der Waals surface area contributed by atoms with Crippen LogP contribution in [0.1, 0.15) is 69.3 Å². The Kier molecular flexibility index (Phi) is 7.36. The average Bonchev–Trinajstić information content (AvgIpc) is 2.90. The third-order valence-electron chi connectivity index (χ3n) is 6.51. The number of amides is 2. The number of nitrogens with zero attached hydrogens (tertiary/aromatic N) is 4. The molecule has 0 saturated carbocycles. The molecule has 2 saturated heterocycles. The predicted octanol–water partition coefficient (Wildman–Crippen LogP) is 3.34. The van der Waals surface area contributed by atoms with Crippen LogP contribution in [0, 0.1) is 25.7 Å². The number of carbonyl (C=O) groups excluding carboxylic acids is 2. The van der Waals surface area contributed by atoms with Gasteiger partial charge in [-0.3, -0.25) is 14.3 Å². The first-order chi connectivity index (χ1) is 13.9. The van der Waals surface area contributed by atoms with Crippen LogP contribution < -0.4 is 0 Å². The van der Waals surface area contributed by atoms with E-state index in [1.807, 2.05) is 16.5 Å². The van der Waals surface area contributed by atoms with Crippen molar-refractivity contribution in [1.82, 2.24) is 19.6 Å². The van der Waals surface area contributed by atoms with Gasteiger partial charge in [-0.05, 0) is 45.4 Å². The van der Waals surface area contributed by atoms with Crippen molar-refractivity contribution in [3.05, 3.63) is 17.0 Å². The first-order valence-electron chi connectivity index (χ1n) is 11.5. The van der Waals surface area contributed by atoms with Gasteiger partial charge in [-0.2, -0.15) is 5.10 Å². The van der Waals surface area contributed by atoms with E-state index in [0.29, 0.717) is 31.3 Å². The molecule has 6 heteroatoms. The lowest BCUT2D eigenvalue weighted by atomic mass is 9.94. The number of aromatic nitrogens is 2. The minimum atomic E-state index is 0.0921. The maximum Gasteiger partial charge on any atom is 0.227 e. The molecular weight excluding hydrogens is 364 g/mol. The number of hydrogen-bond acceptors (Lipinski definition) is 3. The number of piperidine rings is 1. The Labute approximate surface area is 175 Å². The Morgan fingerprint density at radius 3 is 2.17 bits per heavy atom. The summed E-state index contributed by atoms with van der Waals surface area (Å²) in [5.74, 6) is 1.10. The summed E-state index contributed by atoms with van der Waals surface area (Å²) in [6.07, 6.45) is 6.75. The fourth-order valence-corrected chi connectivity index (χ4v) is 4.70. The van der Waals surface area contributed by atoms with Crippen LogP contribution in [-0.4, -0.2) is 57.6 Å². The summed E-state index contributed by atoms with van der Waals surface area (Å²) in [5, 5.41) is 4.64. The highest BCUT2D eigenvalue weighted by Crippen LogP contribution is 2.23. The van der Waals surface area contributed by atoms with Crippen LogP contribution in [0.2, 0.25) is 0 Å². The fourth-order valence-electron chi connectivity index (χ4n) is 4.70. The fraction of sp³-hybridized carbons (Fsp3) is 0.783. The Balaban J connectivity index is 1.54. The summed E-state index contributed by atoms with van der Waals surface area (Å²) in [6, 6.07) is 0. The molecule has 29 heavy (non-hydrogen) atoms. The van der Waals surface area contributed by atoms with Gasteiger partial charge >= 0.3 is 0 Å². The van der Waals surface area contributed by atoms with Crippen LogP contribution in [0.25, 0.3) is 0 Å². The molecule has 0 spiro atoms. The summed E-state index contributed by atoms with van der Waals surface area (Å²) in [7, 11) is 0. The second-order valence-electron chi connectivity index (χ2n) is 9.30. The van der Waals surface area contributed by atoms with Crippen LogP contribution in [0.3, 0.4) is 0 Å². The molecule has 0 aromatic carbocycles. The van der Waals surface area contributed by atoms with Gasteiger partial charge in [0, 0.05) is 49.9 Å². The van der Waals surface area contributed by atoms with Crippen LogP contribution in [0.5, 0.6) is 0 Å². The van der Waals surface area contributed by atoms with Gasteiger partial charge in [0.15, 0.2) is 0 Å². The van der Waals surface area contributed by atoms with Crippen molar-refractivity contribution in [2.45, 2.75) is 79.2 Å². The maximum absolute atomic E-state index is 12.9. The Bertz CT molecular complexity index is 709. The molecule has 0 bridgehead atoms. The minimum Gasteiger partial charge on any atom is -0.342 e. The zero-order valence-corrected chi connectivity index (χ0v) is 18.7. The zero-order chi connectivity index (χ0) is 21.0. The quantitative estimate of drug-likeness (QED) is 0.759. The molecule has 0 unspecified atom stereocenters. The number of rotatable bonds is 5. The van der Waals surface area contributed by atoms with E-state index in [2.05, 4.69) is 30.8 Å². The molecular formula is C23H38N4O2. The standard InChI is InChI=1S/C23H38N4O2/c1-17(2)16-27-19(4)21(18(3)24-27)15-22(28)25-13-9-20(10-14-25)23(29)26-11-7-5-6-8-12-26/h17,20H,5-16H2,1-4H3. The molecule has 0 N–H and O–H groups in total.